The van der Waals surface area contributed by atoms with Gasteiger partial charge in [-0.3, -0.25) is 4.55 Å². The lowest BCUT2D eigenvalue weighted by molar-refractivity contribution is -0.205. The van der Waals surface area contributed by atoms with Crippen molar-refractivity contribution >= 4 is 27.2 Å². The van der Waals surface area contributed by atoms with Crippen LogP contribution < -0.4 is 0 Å². The minimum atomic E-state index is -4.88. The molecule has 2 rings (SSSR count). The quantitative estimate of drug-likeness (QED) is 0.136. The number of aliphatic hydroxyl groups excluding tert-OH is 4. The number of hydrogen-bond donors (Lipinski definition) is 6. The van der Waals surface area contributed by atoms with Crippen LogP contribution in [0.4, 0.5) is 0 Å². The second-order valence-electron chi connectivity index (χ2n) is 5.65. The largest absolute Gasteiger partial charge is 0.508 e. The second kappa shape index (κ2) is 9.16. The molecule has 0 aliphatic carbocycles. The number of nitrogens with zero attached hydrogens (tertiary/aromatic N) is 1. The molecule has 0 amide bonds. The van der Waals surface area contributed by atoms with Crippen molar-refractivity contribution in [3.63, 3.8) is 0 Å². The Labute approximate surface area is 158 Å². The van der Waals surface area contributed by atoms with Crippen LogP contribution in [0.15, 0.2) is 29.4 Å². The number of ether oxygens (including phenoxy) is 1. The molecule has 27 heavy (non-hydrogen) atoms. The molecule has 0 spiro atoms. The van der Waals surface area contributed by atoms with Crippen LogP contribution in [0.1, 0.15) is 5.56 Å². The third-order valence-corrected chi connectivity index (χ3v) is 5.00. The lowest BCUT2D eigenvalue weighted by Gasteiger charge is -2.39. The summed E-state index contributed by atoms with van der Waals surface area (Å²) in [7, 11) is -4.88. The minimum absolute atomic E-state index is 0.00742. The average Bonchev–Trinajstić information content (AvgIpc) is 2.61. The number of benzene rings is 1. The summed E-state index contributed by atoms with van der Waals surface area (Å²) in [6.45, 7) is -0.631. The molecule has 1 aromatic carbocycles. The van der Waals surface area contributed by atoms with Gasteiger partial charge in [0.1, 0.15) is 40.6 Å². The number of aromatic hydroxyl groups is 1. The van der Waals surface area contributed by atoms with E-state index in [4.69, 9.17) is 9.29 Å². The lowest BCUT2D eigenvalue weighted by Crippen LogP contribution is -2.57. The Bertz CT molecular complexity index is 752. The first-order valence-electron chi connectivity index (χ1n) is 7.58. The Morgan fingerprint density at radius 1 is 1.15 bits per heavy atom. The van der Waals surface area contributed by atoms with Gasteiger partial charge in [0.25, 0.3) is 0 Å². The van der Waals surface area contributed by atoms with Crippen LogP contribution >= 0.6 is 11.8 Å². The summed E-state index contributed by atoms with van der Waals surface area (Å²) < 4.78 is 39.6. The van der Waals surface area contributed by atoms with E-state index in [0.717, 1.165) is 0 Å². The zero-order valence-electron chi connectivity index (χ0n) is 13.7. The zero-order chi connectivity index (χ0) is 20.2. The van der Waals surface area contributed by atoms with E-state index in [9.17, 15) is 34.0 Å². The van der Waals surface area contributed by atoms with Gasteiger partial charge in [0.05, 0.1) is 6.61 Å². The van der Waals surface area contributed by atoms with E-state index in [2.05, 4.69) is 9.44 Å². The molecular formula is C14H19NO10S2. The smallest absolute Gasteiger partial charge is 0.466 e. The Balaban J connectivity index is 2.20. The van der Waals surface area contributed by atoms with E-state index >= 15 is 0 Å². The van der Waals surface area contributed by atoms with E-state index in [0.29, 0.717) is 17.3 Å². The molecule has 0 aromatic heterocycles. The maximum Gasteiger partial charge on any atom is 0.466 e. The Morgan fingerprint density at radius 3 is 2.33 bits per heavy atom. The summed E-state index contributed by atoms with van der Waals surface area (Å²) in [5, 5.41) is 51.4. The maximum absolute atomic E-state index is 10.8. The average molecular weight is 425 g/mol. The van der Waals surface area contributed by atoms with Crippen LogP contribution in [0.3, 0.4) is 0 Å². The minimum Gasteiger partial charge on any atom is -0.508 e. The summed E-state index contributed by atoms with van der Waals surface area (Å²) in [4.78, 5) is 0. The fourth-order valence-electron chi connectivity index (χ4n) is 2.27. The van der Waals surface area contributed by atoms with Gasteiger partial charge >= 0.3 is 10.4 Å². The van der Waals surface area contributed by atoms with Crippen molar-refractivity contribution in [3.8, 4) is 5.75 Å². The molecule has 1 aromatic rings. The van der Waals surface area contributed by atoms with Gasteiger partial charge in [0.2, 0.25) is 0 Å². The number of phenols is 1. The number of rotatable bonds is 6. The lowest BCUT2D eigenvalue weighted by atomic mass is 10.0. The van der Waals surface area contributed by atoms with Crippen molar-refractivity contribution in [2.75, 3.05) is 6.61 Å². The molecule has 5 atom stereocenters. The first-order chi connectivity index (χ1) is 12.6. The van der Waals surface area contributed by atoms with Crippen molar-refractivity contribution in [2.45, 2.75) is 36.3 Å². The molecule has 6 N–H and O–H groups in total. The highest BCUT2D eigenvalue weighted by atomic mass is 32.3. The SMILES string of the molecule is O=S(=O)(O)O/N=C(/Cc1ccc(O)cc1)S[C@@H]1OC(CO)[C@@H](O)C(O)C1O. The van der Waals surface area contributed by atoms with Crippen molar-refractivity contribution in [3.05, 3.63) is 29.8 Å². The number of phenolic OH excluding ortho intramolecular Hbond substituents is 1. The summed E-state index contributed by atoms with van der Waals surface area (Å²) in [5.41, 5.74) is -0.649. The first-order valence-corrected chi connectivity index (χ1v) is 9.83. The summed E-state index contributed by atoms with van der Waals surface area (Å²) >= 11 is 0.671. The Hall–Kier alpha value is -1.45. The highest BCUT2D eigenvalue weighted by Crippen LogP contribution is 2.30. The summed E-state index contributed by atoms with van der Waals surface area (Å²) in [6, 6.07) is 5.81. The van der Waals surface area contributed by atoms with Gasteiger partial charge in [-0.15, -0.1) is 0 Å². The number of oxime groups is 1. The van der Waals surface area contributed by atoms with E-state index in [1.165, 1.54) is 24.3 Å². The highest BCUT2D eigenvalue weighted by Gasteiger charge is 2.44. The van der Waals surface area contributed by atoms with Crippen LogP contribution in [0.5, 0.6) is 5.75 Å². The van der Waals surface area contributed by atoms with E-state index in [1.807, 2.05) is 0 Å². The molecule has 0 radical (unpaired) electrons. The van der Waals surface area contributed by atoms with Gasteiger partial charge < -0.3 is 30.3 Å². The molecule has 0 saturated carbocycles. The third kappa shape index (κ3) is 6.29. The van der Waals surface area contributed by atoms with Crippen molar-refractivity contribution < 1.29 is 47.5 Å². The van der Waals surface area contributed by atoms with Crippen LogP contribution in [0.2, 0.25) is 0 Å². The molecule has 1 aliphatic rings. The predicted molar refractivity (Wildman–Crippen MR) is 93.2 cm³/mol. The van der Waals surface area contributed by atoms with Gasteiger partial charge in [0.15, 0.2) is 0 Å². The van der Waals surface area contributed by atoms with Gasteiger partial charge in [-0.2, -0.15) is 8.42 Å². The highest BCUT2D eigenvalue weighted by molar-refractivity contribution is 8.14. The van der Waals surface area contributed by atoms with E-state index < -0.39 is 46.9 Å². The third-order valence-electron chi connectivity index (χ3n) is 3.63. The van der Waals surface area contributed by atoms with E-state index in [1.54, 1.807) is 0 Å². The number of aliphatic hydroxyl groups is 4. The van der Waals surface area contributed by atoms with Gasteiger partial charge in [0, 0.05) is 6.42 Å². The molecule has 1 aliphatic heterocycles. The second-order valence-corrected chi connectivity index (χ2v) is 7.82. The molecule has 13 heteroatoms. The fourth-order valence-corrected chi connectivity index (χ4v) is 3.60. The molecule has 152 valence electrons. The number of hydrogen-bond acceptors (Lipinski definition) is 11. The zero-order valence-corrected chi connectivity index (χ0v) is 15.3. The van der Waals surface area contributed by atoms with Crippen LogP contribution in [-0.4, -0.2) is 80.0 Å². The molecule has 0 bridgehead atoms. The van der Waals surface area contributed by atoms with Crippen molar-refractivity contribution in [1.82, 2.24) is 0 Å². The Morgan fingerprint density at radius 2 is 1.78 bits per heavy atom. The molecule has 11 nitrogen and oxygen atoms in total. The van der Waals surface area contributed by atoms with Gasteiger partial charge in [-0.1, -0.05) is 29.1 Å². The topological polar surface area (TPSA) is 186 Å². The normalized spacial score (nSPS) is 29.5. The maximum atomic E-state index is 10.8. The molecule has 3 unspecified atom stereocenters. The molecule has 1 fully saturated rings. The van der Waals surface area contributed by atoms with E-state index in [-0.39, 0.29) is 17.2 Å². The summed E-state index contributed by atoms with van der Waals surface area (Å²) in [5.74, 6) is 0.00742. The standard InChI is InChI=1S/C14H19NO10S2/c16-6-9-11(18)12(19)13(20)14(24-9)26-10(15-25-27(21,22)23)5-7-1-3-8(17)4-2-7/h1-4,9,11-14,16-20H,5-6H2,(H,21,22,23)/b15-10-/t9?,11-,12?,13?,14+/m1/s1. The van der Waals surface area contributed by atoms with Gasteiger partial charge in [-0.25, -0.2) is 4.28 Å². The van der Waals surface area contributed by atoms with Crippen molar-refractivity contribution in [1.29, 1.82) is 0 Å². The monoisotopic (exact) mass is 425 g/mol. The van der Waals surface area contributed by atoms with Crippen LogP contribution in [0, 0.1) is 0 Å². The summed E-state index contributed by atoms with van der Waals surface area (Å²) in [6.07, 6.45) is -5.93. The molecule has 1 heterocycles. The van der Waals surface area contributed by atoms with Crippen molar-refractivity contribution in [2.24, 2.45) is 5.16 Å². The predicted octanol–water partition coefficient (Wildman–Crippen LogP) is -1.40. The fraction of sp³-hybridized carbons (Fsp3) is 0.500. The molecule has 1 saturated heterocycles. The van der Waals surface area contributed by atoms with Gasteiger partial charge in [-0.05, 0) is 17.7 Å². The van der Waals surface area contributed by atoms with Crippen LogP contribution in [0.25, 0.3) is 0 Å². The molecular weight excluding hydrogens is 406 g/mol. The Kier molecular flexibility index (Phi) is 7.41. The first kappa shape index (κ1) is 21.8. The van der Waals surface area contributed by atoms with Crippen LogP contribution in [-0.2, 0) is 25.8 Å². The number of thioether (sulfide) groups is 1.